The smallest absolute Gasteiger partial charge is 0.240 e. The number of sulfonamides is 1. The molecule has 0 bridgehead atoms. The van der Waals surface area contributed by atoms with Gasteiger partial charge in [0.2, 0.25) is 10.0 Å². The van der Waals surface area contributed by atoms with Gasteiger partial charge in [-0.3, -0.25) is 0 Å². The van der Waals surface area contributed by atoms with Crippen molar-refractivity contribution in [3.8, 4) is 11.4 Å². The first-order valence-electron chi connectivity index (χ1n) is 8.79. The van der Waals surface area contributed by atoms with Crippen molar-refractivity contribution in [1.82, 2.24) is 9.29 Å². The highest BCUT2D eigenvalue weighted by Gasteiger charge is 2.15. The van der Waals surface area contributed by atoms with Crippen LogP contribution in [0.15, 0.2) is 65.6 Å². The molecule has 0 atom stereocenters. The van der Waals surface area contributed by atoms with Crippen molar-refractivity contribution in [1.29, 1.82) is 0 Å². The van der Waals surface area contributed by atoms with Crippen molar-refractivity contribution in [2.24, 2.45) is 0 Å². The molecule has 0 fully saturated rings. The Hall–Kier alpha value is -2.57. The van der Waals surface area contributed by atoms with Crippen LogP contribution in [0.1, 0.15) is 17.0 Å². The quantitative estimate of drug-likeness (QED) is 0.677. The molecule has 2 aromatic carbocycles. The van der Waals surface area contributed by atoms with Crippen LogP contribution in [0.3, 0.4) is 0 Å². The Morgan fingerprint density at radius 3 is 2.30 bits per heavy atom. The van der Waals surface area contributed by atoms with E-state index in [4.69, 9.17) is 4.74 Å². The van der Waals surface area contributed by atoms with E-state index in [2.05, 4.69) is 41.3 Å². The van der Waals surface area contributed by atoms with Gasteiger partial charge in [0.1, 0.15) is 5.75 Å². The van der Waals surface area contributed by atoms with Crippen molar-refractivity contribution in [2.45, 2.75) is 25.2 Å². The molecule has 142 valence electrons. The summed E-state index contributed by atoms with van der Waals surface area (Å²) < 4.78 is 34.8. The van der Waals surface area contributed by atoms with Gasteiger partial charge in [0.25, 0.3) is 0 Å². The zero-order chi connectivity index (χ0) is 19.4. The summed E-state index contributed by atoms with van der Waals surface area (Å²) in [5.41, 5.74) is 4.50. The largest absolute Gasteiger partial charge is 0.497 e. The summed E-state index contributed by atoms with van der Waals surface area (Å²) in [5.74, 6) is 0.627. The average molecular weight is 385 g/mol. The van der Waals surface area contributed by atoms with Gasteiger partial charge >= 0.3 is 0 Å². The lowest BCUT2D eigenvalue weighted by Gasteiger charge is -2.10. The topological polar surface area (TPSA) is 60.3 Å². The molecule has 1 N–H and O–H groups in total. The van der Waals surface area contributed by atoms with Gasteiger partial charge in [-0.25, -0.2) is 13.1 Å². The van der Waals surface area contributed by atoms with Crippen molar-refractivity contribution in [2.75, 3.05) is 13.7 Å². The molecule has 0 amide bonds. The lowest BCUT2D eigenvalue weighted by Crippen LogP contribution is -2.26. The predicted molar refractivity (Wildman–Crippen MR) is 107 cm³/mol. The minimum absolute atomic E-state index is 0.234. The highest BCUT2D eigenvalue weighted by Crippen LogP contribution is 2.21. The van der Waals surface area contributed by atoms with Gasteiger partial charge < -0.3 is 9.30 Å². The summed E-state index contributed by atoms with van der Waals surface area (Å²) in [6.45, 7) is 4.46. The molecule has 3 aromatic rings. The maximum atomic E-state index is 12.4. The first-order valence-corrected chi connectivity index (χ1v) is 10.3. The van der Waals surface area contributed by atoms with E-state index >= 15 is 0 Å². The molecule has 0 radical (unpaired) electrons. The number of nitrogens with zero attached hydrogens (tertiary/aromatic N) is 1. The standard InChI is InChI=1S/C21H24N2O3S/c1-16-15-18(17(2)23(16)19-7-5-4-6-8-19)13-14-22-27(24,25)21-11-9-20(26-3)10-12-21/h4-12,15,22H,13-14H2,1-3H3. The third kappa shape index (κ3) is 4.23. The van der Waals surface area contributed by atoms with Crippen LogP contribution in [0.4, 0.5) is 0 Å². The van der Waals surface area contributed by atoms with E-state index in [1.54, 1.807) is 31.4 Å². The van der Waals surface area contributed by atoms with Crippen LogP contribution in [0.5, 0.6) is 5.75 Å². The Balaban J connectivity index is 1.70. The molecule has 0 unspecified atom stereocenters. The molecule has 1 heterocycles. The molecule has 0 aliphatic heterocycles. The van der Waals surface area contributed by atoms with E-state index in [0.29, 0.717) is 18.7 Å². The van der Waals surface area contributed by atoms with Gasteiger partial charge in [0.15, 0.2) is 0 Å². The summed E-state index contributed by atoms with van der Waals surface area (Å²) in [6, 6.07) is 18.6. The molecule has 6 heteroatoms. The Morgan fingerprint density at radius 2 is 1.67 bits per heavy atom. The minimum atomic E-state index is -3.54. The van der Waals surface area contributed by atoms with E-state index in [1.165, 1.54) is 0 Å². The number of ether oxygens (including phenoxy) is 1. The fourth-order valence-electron chi connectivity index (χ4n) is 3.21. The molecule has 5 nitrogen and oxygen atoms in total. The summed E-state index contributed by atoms with van der Waals surface area (Å²) in [5, 5.41) is 0. The molecule has 0 spiro atoms. The third-order valence-corrected chi connectivity index (χ3v) is 6.08. The number of benzene rings is 2. The molecule has 0 aliphatic carbocycles. The maximum absolute atomic E-state index is 12.4. The molecule has 0 aliphatic rings. The highest BCUT2D eigenvalue weighted by atomic mass is 32.2. The Bertz CT molecular complexity index is 1010. The van der Waals surface area contributed by atoms with Gasteiger partial charge in [0.05, 0.1) is 12.0 Å². The van der Waals surface area contributed by atoms with E-state index in [9.17, 15) is 8.42 Å². The van der Waals surface area contributed by atoms with Crippen LogP contribution in [-0.2, 0) is 16.4 Å². The van der Waals surface area contributed by atoms with Gasteiger partial charge in [-0.15, -0.1) is 0 Å². The van der Waals surface area contributed by atoms with Gasteiger partial charge in [-0.05, 0) is 68.3 Å². The fraction of sp³-hybridized carbons (Fsp3) is 0.238. The zero-order valence-corrected chi connectivity index (χ0v) is 16.6. The average Bonchev–Trinajstić information content (AvgIpc) is 2.96. The Morgan fingerprint density at radius 1 is 1.00 bits per heavy atom. The summed E-state index contributed by atoms with van der Waals surface area (Å²) in [4.78, 5) is 0.234. The van der Waals surface area contributed by atoms with Crippen molar-refractivity contribution in [3.05, 3.63) is 77.6 Å². The SMILES string of the molecule is COc1ccc(S(=O)(=O)NCCc2cc(C)n(-c3ccccc3)c2C)cc1. The molecule has 1 aromatic heterocycles. The van der Waals surface area contributed by atoms with Gasteiger partial charge in [-0.2, -0.15) is 0 Å². The number of hydrogen-bond donors (Lipinski definition) is 1. The van der Waals surface area contributed by atoms with Crippen LogP contribution in [-0.4, -0.2) is 26.6 Å². The number of rotatable bonds is 7. The Labute approximate surface area is 160 Å². The first-order chi connectivity index (χ1) is 12.9. The third-order valence-electron chi connectivity index (χ3n) is 4.61. The molecular weight excluding hydrogens is 360 g/mol. The second-order valence-electron chi connectivity index (χ2n) is 6.39. The lowest BCUT2D eigenvalue weighted by atomic mass is 10.2. The van der Waals surface area contributed by atoms with Gasteiger partial charge in [-0.1, -0.05) is 18.2 Å². The minimum Gasteiger partial charge on any atom is -0.497 e. The van der Waals surface area contributed by atoms with Crippen LogP contribution in [0.25, 0.3) is 5.69 Å². The zero-order valence-electron chi connectivity index (χ0n) is 15.8. The second kappa shape index (κ2) is 7.98. The van der Waals surface area contributed by atoms with E-state index in [1.807, 2.05) is 18.2 Å². The summed E-state index contributed by atoms with van der Waals surface area (Å²) >= 11 is 0. The van der Waals surface area contributed by atoms with Crippen molar-refractivity contribution in [3.63, 3.8) is 0 Å². The molecule has 3 rings (SSSR count). The Kier molecular flexibility index (Phi) is 5.68. The monoisotopic (exact) mass is 384 g/mol. The molecule has 27 heavy (non-hydrogen) atoms. The van der Waals surface area contributed by atoms with E-state index in [0.717, 1.165) is 22.6 Å². The number of methoxy groups -OCH3 is 1. The predicted octanol–water partition coefficient (Wildman–Crippen LogP) is 3.62. The normalized spacial score (nSPS) is 11.5. The second-order valence-corrected chi connectivity index (χ2v) is 8.16. The number of nitrogens with one attached hydrogen (secondary N) is 1. The highest BCUT2D eigenvalue weighted by molar-refractivity contribution is 7.89. The molecule has 0 saturated carbocycles. The number of para-hydroxylation sites is 1. The first kappa shape index (κ1) is 19.2. The van der Waals surface area contributed by atoms with Crippen molar-refractivity contribution >= 4 is 10.0 Å². The summed E-state index contributed by atoms with van der Waals surface area (Å²) in [7, 11) is -1.99. The maximum Gasteiger partial charge on any atom is 0.240 e. The van der Waals surface area contributed by atoms with Crippen LogP contribution < -0.4 is 9.46 Å². The van der Waals surface area contributed by atoms with Gasteiger partial charge in [0, 0.05) is 23.6 Å². The van der Waals surface area contributed by atoms with Crippen LogP contribution in [0.2, 0.25) is 0 Å². The van der Waals surface area contributed by atoms with Crippen LogP contribution >= 0.6 is 0 Å². The number of aryl methyl sites for hydroxylation is 1. The fourth-order valence-corrected chi connectivity index (χ4v) is 4.25. The number of aromatic nitrogens is 1. The van der Waals surface area contributed by atoms with E-state index in [-0.39, 0.29) is 4.90 Å². The van der Waals surface area contributed by atoms with E-state index < -0.39 is 10.0 Å². The molecule has 0 saturated heterocycles. The number of hydrogen-bond acceptors (Lipinski definition) is 3. The van der Waals surface area contributed by atoms with Crippen LogP contribution in [0, 0.1) is 13.8 Å². The summed E-state index contributed by atoms with van der Waals surface area (Å²) in [6.07, 6.45) is 0.627. The molecular formula is C21H24N2O3S. The lowest BCUT2D eigenvalue weighted by molar-refractivity contribution is 0.414. The van der Waals surface area contributed by atoms with Crippen molar-refractivity contribution < 1.29 is 13.2 Å².